The summed E-state index contributed by atoms with van der Waals surface area (Å²) in [4.78, 5) is 4.99. The summed E-state index contributed by atoms with van der Waals surface area (Å²) in [7, 11) is 0. The van der Waals surface area contributed by atoms with E-state index in [0.717, 1.165) is 54.5 Å². The molecule has 1 saturated heterocycles. The monoisotopic (exact) mass is 386 g/mol. The second-order valence-electron chi connectivity index (χ2n) is 7.46. The molecule has 0 unspecified atom stereocenters. The van der Waals surface area contributed by atoms with Crippen molar-refractivity contribution in [2.75, 3.05) is 37.6 Å². The van der Waals surface area contributed by atoms with Crippen LogP contribution in [0.25, 0.3) is 16.6 Å². The standard InChI is InChI=1S/C21H23FN4.ClH/c22-17-7-9-18(10-8-17)26-20-4-2-1-3-19(20)21(23-26)25-13-11-24(12-14-25)15-16-5-6-16;/h1-4,7-10,16H,5-6,11-15H2;1H. The van der Waals surface area contributed by atoms with E-state index < -0.39 is 0 Å². The number of aromatic nitrogens is 2. The van der Waals surface area contributed by atoms with Crippen molar-refractivity contribution in [3.63, 3.8) is 0 Å². The molecule has 6 heteroatoms. The predicted octanol–water partition coefficient (Wildman–Crippen LogP) is 4.12. The van der Waals surface area contributed by atoms with E-state index in [-0.39, 0.29) is 18.2 Å². The van der Waals surface area contributed by atoms with Gasteiger partial charge < -0.3 is 4.90 Å². The van der Waals surface area contributed by atoms with Crippen molar-refractivity contribution in [3.05, 3.63) is 54.3 Å². The van der Waals surface area contributed by atoms with Crippen molar-refractivity contribution in [2.24, 2.45) is 5.92 Å². The zero-order valence-corrected chi connectivity index (χ0v) is 16.0. The lowest BCUT2D eigenvalue weighted by molar-refractivity contribution is 0.247. The minimum absolute atomic E-state index is 0. The highest BCUT2D eigenvalue weighted by Gasteiger charge is 2.27. The van der Waals surface area contributed by atoms with Crippen LogP contribution < -0.4 is 4.90 Å². The fourth-order valence-corrected chi connectivity index (χ4v) is 3.87. The van der Waals surface area contributed by atoms with Gasteiger partial charge in [-0.1, -0.05) is 12.1 Å². The number of para-hydroxylation sites is 1. The Morgan fingerprint density at radius 3 is 2.33 bits per heavy atom. The number of rotatable bonds is 4. The number of nitrogens with zero attached hydrogens (tertiary/aromatic N) is 4. The lowest BCUT2D eigenvalue weighted by atomic mass is 10.2. The van der Waals surface area contributed by atoms with Gasteiger partial charge in [0.25, 0.3) is 0 Å². The van der Waals surface area contributed by atoms with Crippen LogP contribution in [0.5, 0.6) is 0 Å². The maximum Gasteiger partial charge on any atom is 0.159 e. The first-order valence-corrected chi connectivity index (χ1v) is 9.49. The summed E-state index contributed by atoms with van der Waals surface area (Å²) in [6.45, 7) is 5.50. The van der Waals surface area contributed by atoms with Crippen LogP contribution in [0.4, 0.5) is 10.2 Å². The fourth-order valence-electron chi connectivity index (χ4n) is 3.87. The molecule has 1 aromatic heterocycles. The summed E-state index contributed by atoms with van der Waals surface area (Å²) in [5.74, 6) is 1.76. The quantitative estimate of drug-likeness (QED) is 0.674. The molecule has 0 spiro atoms. The van der Waals surface area contributed by atoms with Crippen molar-refractivity contribution in [1.82, 2.24) is 14.7 Å². The number of halogens is 2. The van der Waals surface area contributed by atoms with Crippen LogP contribution >= 0.6 is 12.4 Å². The minimum Gasteiger partial charge on any atom is -0.352 e. The number of hydrogen-bond donors (Lipinski definition) is 0. The summed E-state index contributed by atoms with van der Waals surface area (Å²) in [5.41, 5.74) is 1.95. The number of fused-ring (bicyclic) bond motifs is 1. The van der Waals surface area contributed by atoms with Crippen molar-refractivity contribution < 1.29 is 4.39 Å². The topological polar surface area (TPSA) is 24.3 Å². The molecule has 1 saturated carbocycles. The van der Waals surface area contributed by atoms with Crippen LogP contribution in [0.1, 0.15) is 12.8 Å². The fraction of sp³-hybridized carbons (Fsp3) is 0.381. The molecule has 27 heavy (non-hydrogen) atoms. The number of anilines is 1. The smallest absolute Gasteiger partial charge is 0.159 e. The Kier molecular flexibility index (Phi) is 5.06. The van der Waals surface area contributed by atoms with Crippen molar-refractivity contribution in [2.45, 2.75) is 12.8 Å². The van der Waals surface area contributed by atoms with Crippen LogP contribution in [-0.2, 0) is 0 Å². The molecule has 2 aliphatic rings. The molecule has 1 aliphatic heterocycles. The van der Waals surface area contributed by atoms with E-state index >= 15 is 0 Å². The van der Waals surface area contributed by atoms with E-state index in [1.165, 1.54) is 31.5 Å². The molecule has 3 aromatic rings. The molecule has 2 fully saturated rings. The Morgan fingerprint density at radius 1 is 0.926 bits per heavy atom. The number of hydrogen-bond acceptors (Lipinski definition) is 3. The molecule has 4 nitrogen and oxygen atoms in total. The zero-order chi connectivity index (χ0) is 17.5. The Bertz CT molecular complexity index is 912. The third kappa shape index (κ3) is 3.66. The third-order valence-electron chi connectivity index (χ3n) is 5.52. The van der Waals surface area contributed by atoms with E-state index in [4.69, 9.17) is 5.10 Å². The van der Waals surface area contributed by atoms with Gasteiger partial charge in [0, 0.05) is 38.1 Å². The second kappa shape index (κ2) is 7.49. The molecule has 0 radical (unpaired) electrons. The van der Waals surface area contributed by atoms with E-state index in [2.05, 4.69) is 28.0 Å². The SMILES string of the molecule is Cl.Fc1ccc(-n2nc(N3CCN(CC4CC4)CC3)c3ccccc32)cc1. The highest BCUT2D eigenvalue weighted by molar-refractivity contribution is 5.91. The largest absolute Gasteiger partial charge is 0.352 e. The summed E-state index contributed by atoms with van der Waals surface area (Å²) in [5, 5.41) is 6.07. The van der Waals surface area contributed by atoms with E-state index in [0.29, 0.717) is 0 Å². The Hall–Kier alpha value is -2.11. The van der Waals surface area contributed by atoms with Gasteiger partial charge in [-0.05, 0) is 55.2 Å². The molecule has 0 atom stereocenters. The Morgan fingerprint density at radius 2 is 1.63 bits per heavy atom. The summed E-state index contributed by atoms with van der Waals surface area (Å²) in [6, 6.07) is 14.8. The molecule has 142 valence electrons. The van der Waals surface area contributed by atoms with E-state index in [1.54, 1.807) is 12.1 Å². The Labute approximate surface area is 165 Å². The van der Waals surface area contributed by atoms with Crippen molar-refractivity contribution in [1.29, 1.82) is 0 Å². The lowest BCUT2D eigenvalue weighted by Gasteiger charge is -2.35. The summed E-state index contributed by atoms with van der Waals surface area (Å²) >= 11 is 0. The van der Waals surface area contributed by atoms with E-state index in [9.17, 15) is 4.39 Å². The lowest BCUT2D eigenvalue weighted by Crippen LogP contribution is -2.47. The van der Waals surface area contributed by atoms with Crippen molar-refractivity contribution in [3.8, 4) is 5.69 Å². The molecule has 5 rings (SSSR count). The highest BCUT2D eigenvalue weighted by Crippen LogP contribution is 2.32. The maximum absolute atomic E-state index is 13.3. The average molecular weight is 387 g/mol. The summed E-state index contributed by atoms with van der Waals surface area (Å²) in [6.07, 6.45) is 2.82. The van der Waals surface area contributed by atoms with Crippen LogP contribution in [0.3, 0.4) is 0 Å². The molecular formula is C21H24ClFN4. The van der Waals surface area contributed by atoms with Gasteiger partial charge in [-0.2, -0.15) is 0 Å². The maximum atomic E-state index is 13.3. The van der Waals surface area contributed by atoms with Gasteiger partial charge in [-0.3, -0.25) is 4.90 Å². The van der Waals surface area contributed by atoms with Gasteiger partial charge in [0.05, 0.1) is 11.2 Å². The summed E-state index contributed by atoms with van der Waals surface area (Å²) < 4.78 is 15.2. The average Bonchev–Trinajstić information content (AvgIpc) is 3.41. The van der Waals surface area contributed by atoms with Gasteiger partial charge in [0.2, 0.25) is 0 Å². The Balaban J connectivity index is 0.00000180. The molecule has 2 heterocycles. The van der Waals surface area contributed by atoms with E-state index in [1.807, 2.05) is 10.7 Å². The number of piperazine rings is 1. The van der Waals surface area contributed by atoms with Gasteiger partial charge in [0.15, 0.2) is 5.82 Å². The molecular weight excluding hydrogens is 363 g/mol. The van der Waals surface area contributed by atoms with Crippen LogP contribution in [0, 0.1) is 11.7 Å². The predicted molar refractivity (Wildman–Crippen MR) is 110 cm³/mol. The van der Waals surface area contributed by atoms with Crippen LogP contribution in [-0.4, -0.2) is 47.4 Å². The van der Waals surface area contributed by atoms with Crippen LogP contribution in [0.2, 0.25) is 0 Å². The van der Waals surface area contributed by atoms with Gasteiger partial charge in [-0.15, -0.1) is 17.5 Å². The van der Waals surface area contributed by atoms with Crippen molar-refractivity contribution >= 4 is 29.1 Å². The second-order valence-corrected chi connectivity index (χ2v) is 7.46. The van der Waals surface area contributed by atoms with Gasteiger partial charge in [0.1, 0.15) is 5.82 Å². The molecule has 2 aromatic carbocycles. The third-order valence-corrected chi connectivity index (χ3v) is 5.52. The zero-order valence-electron chi connectivity index (χ0n) is 15.2. The normalized spacial score (nSPS) is 17.9. The van der Waals surface area contributed by atoms with Gasteiger partial charge in [-0.25, -0.2) is 9.07 Å². The van der Waals surface area contributed by atoms with Crippen LogP contribution in [0.15, 0.2) is 48.5 Å². The highest BCUT2D eigenvalue weighted by atomic mass is 35.5. The first kappa shape index (κ1) is 18.3. The molecule has 0 bridgehead atoms. The molecule has 1 aliphatic carbocycles. The van der Waals surface area contributed by atoms with Gasteiger partial charge >= 0.3 is 0 Å². The minimum atomic E-state index is -0.225. The first-order valence-electron chi connectivity index (χ1n) is 9.49. The number of benzene rings is 2. The molecule has 0 amide bonds. The first-order chi connectivity index (χ1) is 12.8. The molecule has 0 N–H and O–H groups in total.